The number of nitrogens with zero attached hydrogens (tertiary/aromatic N) is 1. The molecule has 0 fully saturated rings. The van der Waals surface area contributed by atoms with Gasteiger partial charge < -0.3 is 15.2 Å². The number of aromatic nitrogens is 1. The number of amides is 2. The summed E-state index contributed by atoms with van der Waals surface area (Å²) in [5, 5.41) is 6.77. The summed E-state index contributed by atoms with van der Waals surface area (Å²) in [6, 6.07) is 15.2. The zero-order chi connectivity index (χ0) is 18.7. The zero-order valence-electron chi connectivity index (χ0n) is 15.3. The number of carbonyl (C=O) groups excluding carboxylic acids is 2. The predicted molar refractivity (Wildman–Crippen MR) is 105 cm³/mol. The highest BCUT2D eigenvalue weighted by Gasteiger charge is 2.16. The zero-order valence-corrected chi connectivity index (χ0v) is 15.3. The fourth-order valence-corrected chi connectivity index (χ4v) is 3.09. The Labute approximate surface area is 153 Å². The lowest BCUT2D eigenvalue weighted by Crippen LogP contribution is -2.23. The molecule has 1 heterocycles. The molecule has 5 heteroatoms. The maximum Gasteiger partial charge on any atom is 0.272 e. The van der Waals surface area contributed by atoms with Crippen molar-refractivity contribution in [2.24, 2.45) is 0 Å². The number of anilines is 1. The lowest BCUT2D eigenvalue weighted by Gasteiger charge is -2.12. The largest absolute Gasteiger partial charge is 0.352 e. The molecule has 0 aliphatic rings. The number of aryl methyl sites for hydroxylation is 2. The summed E-state index contributed by atoms with van der Waals surface area (Å²) in [7, 11) is 0. The van der Waals surface area contributed by atoms with Gasteiger partial charge in [-0.05, 0) is 50.6 Å². The van der Waals surface area contributed by atoms with Crippen molar-refractivity contribution in [1.82, 2.24) is 9.88 Å². The second-order valence-corrected chi connectivity index (χ2v) is 6.18. The predicted octanol–water partition coefficient (Wildman–Crippen LogP) is 3.97. The van der Waals surface area contributed by atoms with Crippen LogP contribution in [0.2, 0.25) is 0 Å². The van der Waals surface area contributed by atoms with Crippen molar-refractivity contribution in [3.8, 4) is 0 Å². The fraction of sp³-hybridized carbons (Fsp3) is 0.238. The minimum atomic E-state index is -0.181. The van der Waals surface area contributed by atoms with Gasteiger partial charge in [0.25, 0.3) is 11.8 Å². The van der Waals surface area contributed by atoms with Crippen molar-refractivity contribution in [1.29, 1.82) is 0 Å². The van der Waals surface area contributed by atoms with E-state index in [4.69, 9.17) is 0 Å². The van der Waals surface area contributed by atoms with Gasteiger partial charge >= 0.3 is 0 Å². The Morgan fingerprint density at radius 1 is 1.00 bits per heavy atom. The summed E-state index contributed by atoms with van der Waals surface area (Å²) in [5.74, 6) is -0.329. The molecule has 2 amide bonds. The molecule has 3 aromatic rings. The quantitative estimate of drug-likeness (QED) is 0.732. The van der Waals surface area contributed by atoms with Gasteiger partial charge in [0.05, 0.1) is 0 Å². The van der Waals surface area contributed by atoms with Crippen LogP contribution in [0.5, 0.6) is 0 Å². The molecule has 0 bridgehead atoms. The Morgan fingerprint density at radius 3 is 2.50 bits per heavy atom. The Balaban J connectivity index is 1.93. The van der Waals surface area contributed by atoms with Crippen LogP contribution in [-0.2, 0) is 6.54 Å². The molecule has 0 atom stereocenters. The van der Waals surface area contributed by atoms with E-state index in [1.807, 2.05) is 61.7 Å². The third kappa shape index (κ3) is 3.33. The molecule has 26 heavy (non-hydrogen) atoms. The first-order valence-electron chi connectivity index (χ1n) is 8.83. The maximum atomic E-state index is 12.9. The highest BCUT2D eigenvalue weighted by Crippen LogP contribution is 2.22. The number of hydrogen-bond donors (Lipinski definition) is 2. The molecule has 1 aromatic heterocycles. The molecule has 0 spiro atoms. The summed E-state index contributed by atoms with van der Waals surface area (Å²) < 4.78 is 1.99. The average Bonchev–Trinajstić information content (AvgIpc) is 3.02. The van der Waals surface area contributed by atoms with Crippen molar-refractivity contribution >= 4 is 28.4 Å². The van der Waals surface area contributed by atoms with Gasteiger partial charge in [-0.1, -0.05) is 24.3 Å². The van der Waals surface area contributed by atoms with E-state index < -0.39 is 0 Å². The number of hydrogen-bond acceptors (Lipinski definition) is 2. The van der Waals surface area contributed by atoms with Crippen LogP contribution in [0.3, 0.4) is 0 Å². The molecule has 0 saturated heterocycles. The fourth-order valence-electron chi connectivity index (χ4n) is 3.09. The first kappa shape index (κ1) is 17.7. The van der Waals surface area contributed by atoms with E-state index >= 15 is 0 Å². The highest BCUT2D eigenvalue weighted by molar-refractivity contribution is 6.07. The Morgan fingerprint density at radius 2 is 1.77 bits per heavy atom. The molecule has 2 aromatic carbocycles. The molecule has 134 valence electrons. The van der Waals surface area contributed by atoms with Crippen LogP contribution in [0, 0.1) is 6.92 Å². The summed E-state index contributed by atoms with van der Waals surface area (Å²) in [6.45, 7) is 7.06. The molecule has 3 rings (SSSR count). The Hall–Kier alpha value is -3.08. The molecule has 0 radical (unpaired) electrons. The normalized spacial score (nSPS) is 10.7. The number of para-hydroxylation sites is 1. The average molecular weight is 349 g/mol. The molecule has 0 aliphatic carbocycles. The van der Waals surface area contributed by atoms with E-state index in [-0.39, 0.29) is 11.8 Å². The maximum absolute atomic E-state index is 12.9. The molecule has 5 nitrogen and oxygen atoms in total. The molecule has 0 aliphatic heterocycles. The number of benzene rings is 2. The van der Waals surface area contributed by atoms with Crippen LogP contribution < -0.4 is 10.6 Å². The van der Waals surface area contributed by atoms with E-state index in [1.165, 1.54) is 0 Å². The summed E-state index contributed by atoms with van der Waals surface area (Å²) in [4.78, 5) is 24.9. The summed E-state index contributed by atoms with van der Waals surface area (Å²) in [5.41, 5.74) is 3.73. The van der Waals surface area contributed by atoms with Crippen molar-refractivity contribution < 1.29 is 9.59 Å². The van der Waals surface area contributed by atoms with Crippen molar-refractivity contribution in [3.05, 3.63) is 65.4 Å². The van der Waals surface area contributed by atoms with Crippen LogP contribution in [0.4, 0.5) is 5.69 Å². The lowest BCUT2D eigenvalue weighted by atomic mass is 10.1. The molecule has 2 N–H and O–H groups in total. The molecular weight excluding hydrogens is 326 g/mol. The summed E-state index contributed by atoms with van der Waals surface area (Å²) >= 11 is 0. The van der Waals surface area contributed by atoms with Crippen LogP contribution in [0.15, 0.2) is 48.5 Å². The number of rotatable bonds is 5. The van der Waals surface area contributed by atoms with Crippen LogP contribution >= 0.6 is 0 Å². The first-order valence-corrected chi connectivity index (χ1v) is 8.83. The SMILES string of the molecule is CCNC(=O)c1ccc(C)c(NC(=O)c2cc3ccccc3n2CC)c1. The van der Waals surface area contributed by atoms with E-state index in [2.05, 4.69) is 10.6 Å². The van der Waals surface area contributed by atoms with Gasteiger partial charge in [0.1, 0.15) is 5.69 Å². The molecule has 0 saturated carbocycles. The van der Waals surface area contributed by atoms with E-state index in [0.717, 1.165) is 16.5 Å². The number of fused-ring (bicyclic) bond motifs is 1. The molecule has 0 unspecified atom stereocenters. The minimum Gasteiger partial charge on any atom is -0.352 e. The van der Waals surface area contributed by atoms with Gasteiger partial charge in [-0.2, -0.15) is 0 Å². The van der Waals surface area contributed by atoms with E-state index in [0.29, 0.717) is 30.0 Å². The second kappa shape index (κ2) is 7.44. The van der Waals surface area contributed by atoms with Crippen LogP contribution in [0.25, 0.3) is 10.9 Å². The second-order valence-electron chi connectivity index (χ2n) is 6.18. The Bertz CT molecular complexity index is 973. The van der Waals surface area contributed by atoms with Gasteiger partial charge in [-0.15, -0.1) is 0 Å². The van der Waals surface area contributed by atoms with Gasteiger partial charge in [-0.3, -0.25) is 9.59 Å². The van der Waals surface area contributed by atoms with Crippen molar-refractivity contribution in [3.63, 3.8) is 0 Å². The number of nitrogens with one attached hydrogen (secondary N) is 2. The minimum absolute atomic E-state index is 0.148. The van der Waals surface area contributed by atoms with E-state index in [9.17, 15) is 9.59 Å². The molecular formula is C21H23N3O2. The summed E-state index contributed by atoms with van der Waals surface area (Å²) in [6.07, 6.45) is 0. The van der Waals surface area contributed by atoms with Gasteiger partial charge in [-0.25, -0.2) is 0 Å². The third-order valence-corrected chi connectivity index (χ3v) is 4.44. The third-order valence-electron chi connectivity index (χ3n) is 4.44. The lowest BCUT2D eigenvalue weighted by molar-refractivity contribution is 0.0954. The topological polar surface area (TPSA) is 63.1 Å². The first-order chi connectivity index (χ1) is 12.5. The van der Waals surface area contributed by atoms with Crippen molar-refractivity contribution in [2.45, 2.75) is 27.3 Å². The van der Waals surface area contributed by atoms with Crippen LogP contribution in [-0.4, -0.2) is 22.9 Å². The highest BCUT2D eigenvalue weighted by atomic mass is 16.2. The van der Waals surface area contributed by atoms with E-state index in [1.54, 1.807) is 12.1 Å². The van der Waals surface area contributed by atoms with Gasteiger partial charge in [0.2, 0.25) is 0 Å². The van der Waals surface area contributed by atoms with Crippen LogP contribution in [0.1, 0.15) is 40.3 Å². The monoisotopic (exact) mass is 349 g/mol. The Kier molecular flexibility index (Phi) is 5.07. The van der Waals surface area contributed by atoms with Gasteiger partial charge in [0.15, 0.2) is 0 Å². The van der Waals surface area contributed by atoms with Crippen molar-refractivity contribution in [2.75, 3.05) is 11.9 Å². The standard InChI is InChI=1S/C21H23N3O2/c1-4-22-20(25)16-11-10-14(3)17(12-16)23-21(26)19-13-15-8-6-7-9-18(15)24(19)5-2/h6-13H,4-5H2,1-3H3,(H,22,25)(H,23,26). The smallest absolute Gasteiger partial charge is 0.272 e. The van der Waals surface area contributed by atoms with Gasteiger partial charge in [0, 0.05) is 35.2 Å². The number of carbonyl (C=O) groups is 2.